The Labute approximate surface area is 104 Å². The molecule has 4 nitrogen and oxygen atoms in total. The molecule has 0 spiro atoms. The third kappa shape index (κ3) is 32.0. The minimum Gasteiger partial charge on any atom is -0.316 e. The molecule has 0 saturated carbocycles. The second kappa shape index (κ2) is 11.2. The zero-order valence-corrected chi connectivity index (χ0v) is 11.4. The summed E-state index contributed by atoms with van der Waals surface area (Å²) < 4.78 is 0. The van der Waals surface area contributed by atoms with E-state index >= 15 is 0 Å². The van der Waals surface area contributed by atoms with E-state index in [4.69, 9.17) is 19.2 Å². The Morgan fingerprint density at radius 2 is 0.733 bits per heavy atom. The molecule has 0 saturated heterocycles. The number of rotatable bonds is 4. The van der Waals surface area contributed by atoms with Gasteiger partial charge in [-0.2, -0.15) is 12.8 Å². The summed E-state index contributed by atoms with van der Waals surface area (Å²) in [5.41, 5.74) is 0. The van der Waals surface area contributed by atoms with Crippen molar-refractivity contribution in [1.29, 1.82) is 0 Å². The molecule has 0 atom stereocenters. The summed E-state index contributed by atoms with van der Waals surface area (Å²) >= 11 is 0. The fourth-order valence-corrected chi connectivity index (χ4v) is 0.605. The molecule has 0 unspecified atom stereocenters. The molecule has 0 aromatic rings. The van der Waals surface area contributed by atoms with Crippen molar-refractivity contribution in [3.63, 3.8) is 0 Å². The van der Waals surface area contributed by atoms with Crippen LogP contribution in [0.2, 0.25) is 0 Å². The number of hydrogen-bond acceptors (Lipinski definition) is 0. The molecule has 5 heteroatoms. The number of ketones is 4. The maximum atomic E-state index is 8.40. The van der Waals surface area contributed by atoms with Gasteiger partial charge in [0.1, 0.15) is 0 Å². The van der Waals surface area contributed by atoms with Gasteiger partial charge in [-0.05, 0) is 0 Å². The van der Waals surface area contributed by atoms with Crippen molar-refractivity contribution in [2.75, 3.05) is 0 Å². The van der Waals surface area contributed by atoms with Gasteiger partial charge < -0.3 is 19.2 Å². The van der Waals surface area contributed by atoms with Crippen LogP contribution in [0.1, 0.15) is 27.7 Å². The molecule has 0 amide bonds. The molecule has 0 bridgehead atoms. The Balaban J connectivity index is -0.000000180. The van der Waals surface area contributed by atoms with Crippen molar-refractivity contribution >= 4 is 23.1 Å². The Morgan fingerprint density at radius 1 is 0.600 bits per heavy atom. The average molecular weight is 298 g/mol. The van der Waals surface area contributed by atoms with Crippen molar-refractivity contribution in [2.24, 2.45) is 0 Å². The van der Waals surface area contributed by atoms with Crippen LogP contribution in [0, 0.1) is 12.8 Å². The van der Waals surface area contributed by atoms with Crippen LogP contribution in [-0.2, 0) is 21.1 Å². The predicted molar refractivity (Wildman–Crippen MR) is 59.1 cm³/mol. The minimum atomic E-state index is 0. The van der Waals surface area contributed by atoms with Crippen LogP contribution >= 0.6 is 0 Å². The molecule has 0 radical (unpaired) electrons. The molecule has 0 heterocycles. The van der Waals surface area contributed by atoms with Crippen LogP contribution in [0.4, 0.5) is 0 Å². The van der Waals surface area contributed by atoms with Gasteiger partial charge in [0, 0.05) is 48.8 Å². The van der Waals surface area contributed by atoms with Gasteiger partial charge in [-0.1, -0.05) is 0 Å². The van der Waals surface area contributed by atoms with Gasteiger partial charge in [0.25, 0.3) is 0 Å². The van der Waals surface area contributed by atoms with Crippen LogP contribution in [0.15, 0.2) is 0 Å². The Morgan fingerprint density at radius 3 is 0.733 bits per heavy atom. The summed E-state index contributed by atoms with van der Waals surface area (Å²) in [6, 6.07) is 0. The molecule has 86 valence electrons. The minimum absolute atomic E-state index is 0. The summed E-state index contributed by atoms with van der Waals surface area (Å²) in [6.07, 6.45) is 2.56. The SMILES string of the molecule is CC(=[OH+])[CH-]C(C)=[OH+].CC(=[OH+])[CH-]C(C)=[OH+].[Mo]. The van der Waals surface area contributed by atoms with Gasteiger partial charge in [0.15, 0.2) is 23.1 Å². The molecule has 0 fully saturated rings. The van der Waals surface area contributed by atoms with Gasteiger partial charge in [0.2, 0.25) is 0 Å². The summed E-state index contributed by atoms with van der Waals surface area (Å²) in [6.45, 7) is 6.00. The molecule has 0 aliphatic carbocycles. The first-order valence-electron chi connectivity index (χ1n) is 4.05. The summed E-state index contributed by atoms with van der Waals surface area (Å²) in [5.74, 6) is 0.500. The third-order valence-electron chi connectivity index (χ3n) is 0.836. The van der Waals surface area contributed by atoms with Crippen molar-refractivity contribution in [1.82, 2.24) is 0 Å². The first kappa shape index (κ1) is 19.6. The maximum absolute atomic E-state index is 8.40. The average Bonchev–Trinajstić information content (AvgIpc) is 1.79. The van der Waals surface area contributed by atoms with Gasteiger partial charge in [-0.25, -0.2) is 0 Å². The van der Waals surface area contributed by atoms with E-state index in [2.05, 4.69) is 0 Å². The molecule has 15 heavy (non-hydrogen) atoms. The van der Waals surface area contributed by atoms with Crippen LogP contribution in [0.25, 0.3) is 0 Å². The van der Waals surface area contributed by atoms with Crippen LogP contribution in [0.5, 0.6) is 0 Å². The first-order chi connectivity index (χ1) is 6.25. The molecule has 4 N–H and O–H groups in total. The quantitative estimate of drug-likeness (QED) is 0.316. The van der Waals surface area contributed by atoms with E-state index < -0.39 is 0 Å². The van der Waals surface area contributed by atoms with Gasteiger partial charge in [-0.15, -0.1) is 0 Å². The van der Waals surface area contributed by atoms with E-state index in [1.165, 1.54) is 40.5 Å². The fraction of sp³-hybridized carbons (Fsp3) is 0.400. The summed E-state index contributed by atoms with van der Waals surface area (Å²) in [7, 11) is 0. The van der Waals surface area contributed by atoms with E-state index in [1.54, 1.807) is 0 Å². The second-order valence-corrected chi connectivity index (χ2v) is 2.85. The van der Waals surface area contributed by atoms with E-state index in [9.17, 15) is 0 Å². The number of carbonyl (C=O) groups excluding carboxylic acids is 4. The number of hydrogen-bond donors (Lipinski definition) is 0. The molecule has 0 rings (SSSR count). The van der Waals surface area contributed by atoms with Crippen molar-refractivity contribution in [3.05, 3.63) is 12.8 Å². The zero-order chi connectivity index (χ0) is 11.7. The Bertz CT molecular complexity index is 196. The van der Waals surface area contributed by atoms with Crippen molar-refractivity contribution < 1.29 is 40.2 Å². The fourth-order valence-electron chi connectivity index (χ4n) is 0.605. The third-order valence-corrected chi connectivity index (χ3v) is 0.836. The molecule has 0 aliphatic heterocycles. The Hall–Kier alpha value is -0.892. The van der Waals surface area contributed by atoms with Crippen molar-refractivity contribution in [2.45, 2.75) is 27.7 Å². The van der Waals surface area contributed by atoms with Gasteiger partial charge >= 0.3 is 0 Å². The normalized spacial score (nSPS) is 7.20. The topological polar surface area (TPSA) is 85.6 Å². The van der Waals surface area contributed by atoms with Crippen molar-refractivity contribution in [3.8, 4) is 0 Å². The summed E-state index contributed by atoms with van der Waals surface area (Å²) in [5, 5.41) is 0. The molecule has 0 aromatic heterocycles. The van der Waals surface area contributed by atoms with Gasteiger partial charge in [-0.3, -0.25) is 0 Å². The monoisotopic (exact) mass is 300 g/mol. The van der Waals surface area contributed by atoms with Crippen LogP contribution in [0.3, 0.4) is 0 Å². The van der Waals surface area contributed by atoms with E-state index in [1.807, 2.05) is 0 Å². The largest absolute Gasteiger partial charge is 0.316 e. The van der Waals surface area contributed by atoms with E-state index in [-0.39, 0.29) is 44.2 Å². The zero-order valence-electron chi connectivity index (χ0n) is 9.35. The van der Waals surface area contributed by atoms with E-state index in [0.29, 0.717) is 0 Å². The molecule has 0 aromatic carbocycles. The maximum Gasteiger partial charge on any atom is 0.176 e. The first-order valence-corrected chi connectivity index (χ1v) is 4.05. The molecular formula is C10H18MoO4+2. The predicted octanol–water partition coefficient (Wildman–Crippen LogP) is 0.638. The smallest absolute Gasteiger partial charge is 0.176 e. The second-order valence-electron chi connectivity index (χ2n) is 2.85. The van der Waals surface area contributed by atoms with Crippen LogP contribution < -0.4 is 0 Å². The van der Waals surface area contributed by atoms with Crippen LogP contribution in [-0.4, -0.2) is 42.3 Å². The molecule has 0 aliphatic rings. The Kier molecular flexibility index (Phi) is 14.6. The van der Waals surface area contributed by atoms with E-state index in [0.717, 1.165) is 0 Å². The standard InChI is InChI=1S/2C5H7O2.Mo/c2*1-4(6)3-5(2)7;/h2*3H,1-2H3;/q2*-1;/p+4. The summed E-state index contributed by atoms with van der Waals surface area (Å²) in [4.78, 5) is 33.6. The molecular weight excluding hydrogens is 280 g/mol. The van der Waals surface area contributed by atoms with Gasteiger partial charge in [0.05, 0.1) is 0 Å².